The maximum Gasteiger partial charge on any atom is 0.601 e. The Morgan fingerprint density at radius 3 is 1.02 bits per heavy atom. The van der Waals surface area contributed by atoms with Crippen LogP contribution in [0, 0.1) is 0 Å². The van der Waals surface area contributed by atoms with Crippen LogP contribution in [-0.2, 0) is 32.1 Å². The molecular weight excluding hydrogens is 626 g/mol. The predicted molar refractivity (Wildman–Crippen MR) is 175 cm³/mol. The minimum absolute atomic E-state index is 0.109. The second-order valence-corrected chi connectivity index (χ2v) is 14.4. The number of hydrogen-bond donors (Lipinski definition) is 5. The normalized spacial score (nSPS) is 11.7. The Hall–Kier alpha value is -0.840. The van der Waals surface area contributed by atoms with E-state index in [1.807, 2.05) is 0 Å². The van der Waals surface area contributed by atoms with Crippen molar-refractivity contribution >= 4 is 27.6 Å². The third-order valence-electron chi connectivity index (χ3n) is 7.02. The highest BCUT2D eigenvalue weighted by atomic mass is 31.3. The molecule has 12 nitrogen and oxygen atoms in total. The molecule has 0 aromatic heterocycles. The molecule has 0 saturated heterocycles. The van der Waals surface area contributed by atoms with Gasteiger partial charge in [0, 0.05) is 12.8 Å². The first kappa shape index (κ1) is 46.3. The van der Waals surface area contributed by atoms with E-state index in [1.54, 1.807) is 0 Å². The van der Waals surface area contributed by atoms with Gasteiger partial charge in [0.15, 0.2) is 0 Å². The first-order valence-corrected chi connectivity index (χ1v) is 20.1. The number of carbonyl (C=O) groups is 2. The molecular formula is C31H64O12P2. The smallest absolute Gasteiger partial charge is 0.394 e. The molecule has 0 unspecified atom stereocenters. The van der Waals surface area contributed by atoms with Crippen molar-refractivity contribution in [2.45, 2.75) is 174 Å². The van der Waals surface area contributed by atoms with Crippen molar-refractivity contribution in [3.8, 4) is 0 Å². The van der Waals surface area contributed by atoms with Gasteiger partial charge in [0.25, 0.3) is 0 Å². The number of aliphatic hydroxyl groups excluding tert-OH is 3. The third-order valence-corrected chi connectivity index (χ3v) is 9.53. The third kappa shape index (κ3) is 35.9. The van der Waals surface area contributed by atoms with E-state index in [4.69, 9.17) is 25.1 Å². The summed E-state index contributed by atoms with van der Waals surface area (Å²) in [5, 5.41) is 24.0. The monoisotopic (exact) mass is 690 g/mol. The standard InChI is InChI=1S/C28H56O9P2.C3H8O3/c1-3-5-7-9-11-13-15-17-19-21-23-25-27(29)35-39(34,37-38(31,32)33)36-28(30)26-24-22-20-18-16-14-12-10-8-6-4-2;4-1-3(6)2-5/h3-26H2,1-2H3,(H2,31,32,33);3-6H,1-2H2. The summed E-state index contributed by atoms with van der Waals surface area (Å²) in [6.07, 6.45) is 22.8. The van der Waals surface area contributed by atoms with Gasteiger partial charge in [0.1, 0.15) is 6.10 Å². The Bertz CT molecular complexity index is 743. The molecule has 0 aliphatic rings. The van der Waals surface area contributed by atoms with Gasteiger partial charge < -0.3 is 34.2 Å². The summed E-state index contributed by atoms with van der Waals surface area (Å²) < 4.78 is 37.3. The Morgan fingerprint density at radius 1 is 0.533 bits per heavy atom. The van der Waals surface area contributed by atoms with Crippen molar-refractivity contribution in [1.29, 1.82) is 0 Å². The lowest BCUT2D eigenvalue weighted by Crippen LogP contribution is -2.15. The molecule has 0 aliphatic carbocycles. The summed E-state index contributed by atoms with van der Waals surface area (Å²) in [5.74, 6) is -1.96. The summed E-state index contributed by atoms with van der Waals surface area (Å²) in [4.78, 5) is 42.4. The minimum Gasteiger partial charge on any atom is -0.394 e. The van der Waals surface area contributed by atoms with E-state index in [1.165, 1.54) is 77.0 Å². The number of carbonyl (C=O) groups excluding carboxylic acids is 2. The van der Waals surface area contributed by atoms with Gasteiger partial charge in [-0.1, -0.05) is 142 Å². The van der Waals surface area contributed by atoms with Gasteiger partial charge in [-0.25, -0.2) is 9.13 Å². The highest BCUT2D eigenvalue weighted by Gasteiger charge is 2.42. The molecule has 0 radical (unpaired) electrons. The Morgan fingerprint density at radius 2 is 0.800 bits per heavy atom. The number of phosphoric ester groups is 1. The van der Waals surface area contributed by atoms with Crippen LogP contribution in [0.15, 0.2) is 0 Å². The molecule has 0 amide bonds. The van der Waals surface area contributed by atoms with E-state index in [0.29, 0.717) is 12.8 Å². The van der Waals surface area contributed by atoms with Gasteiger partial charge in [-0.05, 0) is 12.8 Å². The number of aliphatic hydroxyl groups is 3. The van der Waals surface area contributed by atoms with E-state index in [2.05, 4.69) is 27.2 Å². The van der Waals surface area contributed by atoms with Crippen LogP contribution in [0.3, 0.4) is 0 Å². The van der Waals surface area contributed by atoms with Crippen LogP contribution in [0.2, 0.25) is 0 Å². The second-order valence-electron chi connectivity index (χ2n) is 11.5. The number of hydrogen-bond acceptors (Lipinski definition) is 10. The molecule has 0 atom stereocenters. The average Bonchev–Trinajstić information content (AvgIpc) is 2.97. The van der Waals surface area contributed by atoms with Crippen LogP contribution in [0.25, 0.3) is 0 Å². The molecule has 0 aliphatic heterocycles. The van der Waals surface area contributed by atoms with E-state index in [9.17, 15) is 18.7 Å². The van der Waals surface area contributed by atoms with E-state index in [-0.39, 0.29) is 26.1 Å². The topological polar surface area (TPSA) is 197 Å². The molecule has 0 bridgehead atoms. The lowest BCUT2D eigenvalue weighted by molar-refractivity contribution is -0.140. The van der Waals surface area contributed by atoms with Crippen molar-refractivity contribution in [3.05, 3.63) is 0 Å². The van der Waals surface area contributed by atoms with Gasteiger partial charge in [-0.3, -0.25) is 9.59 Å². The number of phosphoric acid groups is 2. The van der Waals surface area contributed by atoms with Crippen molar-refractivity contribution in [2.24, 2.45) is 0 Å². The van der Waals surface area contributed by atoms with Crippen molar-refractivity contribution in [1.82, 2.24) is 0 Å². The average molecular weight is 691 g/mol. The fraction of sp³-hybridized carbons (Fsp3) is 0.935. The molecule has 0 saturated carbocycles. The number of unbranched alkanes of at least 4 members (excludes halogenated alkanes) is 20. The van der Waals surface area contributed by atoms with Gasteiger partial charge in [0.05, 0.1) is 13.2 Å². The van der Waals surface area contributed by atoms with Gasteiger partial charge >= 0.3 is 27.6 Å². The SMILES string of the molecule is CCCCCCCCCCCCCC(=O)OP(=O)(OC(=O)CCCCCCCCCCCCC)OP(=O)(O)O.OCC(O)CO. The van der Waals surface area contributed by atoms with Gasteiger partial charge in [-0.2, -0.15) is 4.31 Å². The second kappa shape index (κ2) is 31.7. The molecule has 0 rings (SSSR count). The zero-order valence-corrected chi connectivity index (χ0v) is 29.7. The lowest BCUT2D eigenvalue weighted by Gasteiger charge is -2.17. The molecule has 0 heterocycles. The Kier molecular flexibility index (Phi) is 32.6. The van der Waals surface area contributed by atoms with Crippen LogP contribution >= 0.6 is 15.6 Å². The summed E-state index contributed by atoms with van der Waals surface area (Å²) >= 11 is 0. The molecule has 0 fully saturated rings. The zero-order valence-electron chi connectivity index (χ0n) is 28.0. The fourth-order valence-corrected chi connectivity index (χ4v) is 6.48. The van der Waals surface area contributed by atoms with Crippen molar-refractivity contribution in [3.63, 3.8) is 0 Å². The Labute approximate surface area is 271 Å². The van der Waals surface area contributed by atoms with Crippen LogP contribution in [0.4, 0.5) is 0 Å². The maximum atomic E-state index is 12.7. The molecule has 14 heteroatoms. The minimum atomic E-state index is -5.33. The molecule has 0 spiro atoms. The fourth-order valence-electron chi connectivity index (χ4n) is 4.45. The molecule has 0 aromatic carbocycles. The number of rotatable bonds is 30. The molecule has 270 valence electrons. The van der Waals surface area contributed by atoms with Crippen LogP contribution in [0.1, 0.15) is 168 Å². The van der Waals surface area contributed by atoms with Crippen molar-refractivity contribution in [2.75, 3.05) is 13.2 Å². The molecule has 5 N–H and O–H groups in total. The summed E-state index contributed by atoms with van der Waals surface area (Å²) in [6.45, 7) is 3.67. The van der Waals surface area contributed by atoms with Crippen LogP contribution in [0.5, 0.6) is 0 Å². The molecule has 0 aromatic rings. The van der Waals surface area contributed by atoms with Crippen molar-refractivity contribution < 1.29 is 57.2 Å². The highest BCUT2D eigenvalue weighted by Crippen LogP contribution is 2.61. The van der Waals surface area contributed by atoms with Gasteiger partial charge in [-0.15, -0.1) is 0 Å². The first-order chi connectivity index (χ1) is 21.4. The Balaban J connectivity index is 0. The molecule has 45 heavy (non-hydrogen) atoms. The largest absolute Gasteiger partial charge is 0.601 e. The first-order valence-electron chi connectivity index (χ1n) is 17.1. The summed E-state index contributed by atoms with van der Waals surface area (Å²) in [6, 6.07) is 0. The lowest BCUT2D eigenvalue weighted by atomic mass is 10.1. The predicted octanol–water partition coefficient (Wildman–Crippen LogP) is 8.02. The summed E-state index contributed by atoms with van der Waals surface area (Å²) in [7, 11) is -10.4. The quantitative estimate of drug-likeness (QED) is 0.0360. The van der Waals surface area contributed by atoms with E-state index < -0.39 is 33.7 Å². The van der Waals surface area contributed by atoms with Gasteiger partial charge in [0.2, 0.25) is 0 Å². The van der Waals surface area contributed by atoms with E-state index in [0.717, 1.165) is 51.4 Å². The maximum absolute atomic E-state index is 12.7. The van der Waals surface area contributed by atoms with Crippen LogP contribution < -0.4 is 0 Å². The van der Waals surface area contributed by atoms with E-state index >= 15 is 0 Å². The summed E-state index contributed by atoms with van der Waals surface area (Å²) in [5.41, 5.74) is 0. The highest BCUT2D eigenvalue weighted by molar-refractivity contribution is 7.61. The zero-order chi connectivity index (χ0) is 34.2. The van der Waals surface area contributed by atoms with Crippen LogP contribution in [-0.4, -0.2) is 56.4 Å².